The molecule has 1 N–H and O–H groups in total. The van der Waals surface area contributed by atoms with Crippen molar-refractivity contribution in [1.29, 1.82) is 0 Å². The van der Waals surface area contributed by atoms with Gasteiger partial charge in [0.2, 0.25) is 0 Å². The van der Waals surface area contributed by atoms with E-state index < -0.39 is 5.60 Å². The molecule has 3 unspecified atom stereocenters. The minimum Gasteiger partial charge on any atom is -0.390 e. The van der Waals surface area contributed by atoms with E-state index in [1.807, 2.05) is 0 Å². The van der Waals surface area contributed by atoms with Crippen LogP contribution in [0.4, 0.5) is 0 Å². The lowest BCUT2D eigenvalue weighted by molar-refractivity contribution is -0.00679. The molecular formula is C17H24O. The largest absolute Gasteiger partial charge is 0.390 e. The second-order valence-corrected chi connectivity index (χ2v) is 6.39. The molecule has 0 radical (unpaired) electrons. The molecule has 0 amide bonds. The maximum Gasteiger partial charge on any atom is 0.0679 e. The van der Waals surface area contributed by atoms with Crippen molar-refractivity contribution in [2.45, 2.75) is 63.4 Å². The van der Waals surface area contributed by atoms with Gasteiger partial charge in [0.25, 0.3) is 0 Å². The molecule has 1 heteroatoms. The zero-order chi connectivity index (χ0) is 12.6. The molecule has 0 aliphatic heterocycles. The molecule has 98 valence electrons. The van der Waals surface area contributed by atoms with Crippen LogP contribution in [0.1, 0.15) is 62.5 Å². The first-order valence-electron chi connectivity index (χ1n) is 7.49. The van der Waals surface area contributed by atoms with E-state index in [-0.39, 0.29) is 0 Å². The summed E-state index contributed by atoms with van der Waals surface area (Å²) >= 11 is 0. The molecule has 3 rings (SSSR count). The predicted molar refractivity (Wildman–Crippen MR) is 74.7 cm³/mol. The molecule has 3 atom stereocenters. The smallest absolute Gasteiger partial charge is 0.0679 e. The summed E-state index contributed by atoms with van der Waals surface area (Å²) in [4.78, 5) is 0. The highest BCUT2D eigenvalue weighted by Crippen LogP contribution is 2.45. The molecular weight excluding hydrogens is 220 g/mol. The minimum absolute atomic E-state index is 0.394. The molecule has 1 aromatic rings. The van der Waals surface area contributed by atoms with Crippen molar-refractivity contribution in [2.24, 2.45) is 5.92 Å². The average molecular weight is 244 g/mol. The van der Waals surface area contributed by atoms with E-state index in [0.717, 1.165) is 12.8 Å². The molecule has 0 heterocycles. The Hall–Kier alpha value is -0.820. The van der Waals surface area contributed by atoms with E-state index in [1.54, 1.807) is 0 Å². The molecule has 1 aromatic carbocycles. The summed E-state index contributed by atoms with van der Waals surface area (Å²) in [5.74, 6) is 1.06. The first-order chi connectivity index (χ1) is 8.69. The van der Waals surface area contributed by atoms with Crippen molar-refractivity contribution in [3.8, 4) is 0 Å². The number of rotatable bonds is 2. The van der Waals surface area contributed by atoms with Crippen molar-refractivity contribution in [3.05, 3.63) is 35.4 Å². The SMILES string of the molecule is CC1CCCC1(O)CC1CCCc2ccccc21. The van der Waals surface area contributed by atoms with Gasteiger partial charge >= 0.3 is 0 Å². The minimum atomic E-state index is -0.394. The van der Waals surface area contributed by atoms with Gasteiger partial charge in [0, 0.05) is 0 Å². The Morgan fingerprint density at radius 2 is 2.06 bits per heavy atom. The predicted octanol–water partition coefficient (Wildman–Crippen LogP) is 4.05. The Morgan fingerprint density at radius 3 is 2.83 bits per heavy atom. The maximum absolute atomic E-state index is 10.8. The van der Waals surface area contributed by atoms with E-state index in [9.17, 15) is 5.11 Å². The van der Waals surface area contributed by atoms with Crippen LogP contribution in [-0.4, -0.2) is 10.7 Å². The second kappa shape index (κ2) is 4.70. The number of aryl methyl sites for hydroxylation is 1. The van der Waals surface area contributed by atoms with Crippen molar-refractivity contribution in [1.82, 2.24) is 0 Å². The number of fused-ring (bicyclic) bond motifs is 1. The zero-order valence-electron chi connectivity index (χ0n) is 11.4. The Bertz CT molecular complexity index is 425. The van der Waals surface area contributed by atoms with E-state index in [4.69, 9.17) is 0 Å². The maximum atomic E-state index is 10.8. The van der Waals surface area contributed by atoms with Crippen LogP contribution in [0.15, 0.2) is 24.3 Å². The van der Waals surface area contributed by atoms with Gasteiger partial charge in [-0.3, -0.25) is 0 Å². The Morgan fingerprint density at radius 1 is 1.22 bits per heavy atom. The Balaban J connectivity index is 1.82. The number of benzene rings is 1. The summed E-state index contributed by atoms with van der Waals surface area (Å²) < 4.78 is 0. The fraction of sp³-hybridized carbons (Fsp3) is 0.647. The van der Waals surface area contributed by atoms with Crippen LogP contribution in [0.5, 0.6) is 0 Å². The molecule has 2 aliphatic carbocycles. The van der Waals surface area contributed by atoms with Crippen molar-refractivity contribution < 1.29 is 5.11 Å². The highest BCUT2D eigenvalue weighted by molar-refractivity contribution is 5.33. The van der Waals surface area contributed by atoms with Crippen LogP contribution < -0.4 is 0 Å². The van der Waals surface area contributed by atoms with Crippen molar-refractivity contribution in [2.75, 3.05) is 0 Å². The van der Waals surface area contributed by atoms with Gasteiger partial charge in [0.05, 0.1) is 5.60 Å². The van der Waals surface area contributed by atoms with Crippen LogP contribution in [0.3, 0.4) is 0 Å². The van der Waals surface area contributed by atoms with E-state index in [2.05, 4.69) is 31.2 Å². The molecule has 1 fully saturated rings. The Kier molecular flexibility index (Phi) is 3.19. The fourth-order valence-electron chi connectivity index (χ4n) is 4.03. The fourth-order valence-corrected chi connectivity index (χ4v) is 4.03. The molecule has 1 saturated carbocycles. The van der Waals surface area contributed by atoms with Gasteiger partial charge in [-0.1, -0.05) is 37.6 Å². The third kappa shape index (κ3) is 2.09. The van der Waals surface area contributed by atoms with Gasteiger partial charge in [0.1, 0.15) is 0 Å². The molecule has 0 spiro atoms. The lowest BCUT2D eigenvalue weighted by atomic mass is 9.74. The van der Waals surface area contributed by atoms with Crippen LogP contribution in [0.2, 0.25) is 0 Å². The summed E-state index contributed by atoms with van der Waals surface area (Å²) in [7, 11) is 0. The molecule has 0 bridgehead atoms. The quantitative estimate of drug-likeness (QED) is 0.832. The number of hydrogen-bond donors (Lipinski definition) is 1. The van der Waals surface area contributed by atoms with Gasteiger partial charge in [0.15, 0.2) is 0 Å². The lowest BCUT2D eigenvalue weighted by Gasteiger charge is -2.35. The van der Waals surface area contributed by atoms with Gasteiger partial charge in [-0.15, -0.1) is 0 Å². The van der Waals surface area contributed by atoms with Crippen molar-refractivity contribution in [3.63, 3.8) is 0 Å². The highest BCUT2D eigenvalue weighted by Gasteiger charge is 2.40. The summed E-state index contributed by atoms with van der Waals surface area (Å²) in [5, 5.41) is 10.8. The summed E-state index contributed by atoms with van der Waals surface area (Å²) in [5.41, 5.74) is 2.63. The van der Waals surface area contributed by atoms with Gasteiger partial charge < -0.3 is 5.11 Å². The molecule has 18 heavy (non-hydrogen) atoms. The van der Waals surface area contributed by atoms with Crippen LogP contribution >= 0.6 is 0 Å². The van der Waals surface area contributed by atoms with E-state index >= 15 is 0 Å². The third-order valence-electron chi connectivity index (χ3n) is 5.26. The standard InChI is InChI=1S/C17H24O/c1-13-6-5-11-17(13,18)12-15-9-4-8-14-7-2-3-10-16(14)15/h2-3,7,10,13,15,18H,4-6,8-9,11-12H2,1H3. The third-order valence-corrected chi connectivity index (χ3v) is 5.26. The van der Waals surface area contributed by atoms with Crippen LogP contribution in [-0.2, 0) is 6.42 Å². The van der Waals surface area contributed by atoms with Gasteiger partial charge in [-0.25, -0.2) is 0 Å². The summed E-state index contributed by atoms with van der Waals surface area (Å²) in [6.07, 6.45) is 8.15. The topological polar surface area (TPSA) is 20.2 Å². The molecule has 1 nitrogen and oxygen atoms in total. The highest BCUT2D eigenvalue weighted by atomic mass is 16.3. The van der Waals surface area contributed by atoms with Crippen LogP contribution in [0, 0.1) is 5.92 Å². The zero-order valence-corrected chi connectivity index (χ0v) is 11.4. The van der Waals surface area contributed by atoms with E-state index in [0.29, 0.717) is 11.8 Å². The average Bonchev–Trinajstić information content (AvgIpc) is 2.70. The second-order valence-electron chi connectivity index (χ2n) is 6.39. The number of hydrogen-bond acceptors (Lipinski definition) is 1. The van der Waals surface area contributed by atoms with Gasteiger partial charge in [-0.05, 0) is 61.5 Å². The molecule has 2 aliphatic rings. The molecule has 0 saturated heterocycles. The normalized spacial score (nSPS) is 35.4. The lowest BCUT2D eigenvalue weighted by Crippen LogP contribution is -2.34. The number of aliphatic hydroxyl groups is 1. The monoisotopic (exact) mass is 244 g/mol. The summed E-state index contributed by atoms with van der Waals surface area (Å²) in [6, 6.07) is 8.85. The summed E-state index contributed by atoms with van der Waals surface area (Å²) in [6.45, 7) is 2.22. The first kappa shape index (κ1) is 12.2. The van der Waals surface area contributed by atoms with Crippen molar-refractivity contribution >= 4 is 0 Å². The Labute approximate surface area is 110 Å². The van der Waals surface area contributed by atoms with Crippen LogP contribution in [0.25, 0.3) is 0 Å². The molecule has 0 aromatic heterocycles. The van der Waals surface area contributed by atoms with Gasteiger partial charge in [-0.2, -0.15) is 0 Å². The first-order valence-corrected chi connectivity index (χ1v) is 7.49. The van der Waals surface area contributed by atoms with E-state index in [1.165, 1.54) is 43.2 Å².